The summed E-state index contributed by atoms with van der Waals surface area (Å²) in [6.45, 7) is 0.810. The summed E-state index contributed by atoms with van der Waals surface area (Å²) < 4.78 is 22.6. The lowest BCUT2D eigenvalue weighted by Crippen LogP contribution is -2.04. The molecular formula is C2H3N3O3S. The van der Waals surface area contributed by atoms with Gasteiger partial charge >= 0.3 is 0 Å². The molecule has 0 saturated heterocycles. The number of hydrogen-bond acceptors (Lipinski definition) is 3. The van der Waals surface area contributed by atoms with Crippen molar-refractivity contribution in [1.29, 1.82) is 0 Å². The summed E-state index contributed by atoms with van der Waals surface area (Å²) in [4.78, 5) is 11.9. The van der Waals surface area contributed by atoms with Crippen LogP contribution >= 0.6 is 0 Å². The van der Waals surface area contributed by atoms with Crippen molar-refractivity contribution < 1.29 is 13.2 Å². The van der Waals surface area contributed by atoms with Gasteiger partial charge in [0.1, 0.15) is 0 Å². The predicted octanol–water partition coefficient (Wildman–Crippen LogP) is 0.173. The van der Waals surface area contributed by atoms with E-state index in [9.17, 15) is 13.2 Å². The summed E-state index contributed by atoms with van der Waals surface area (Å²) in [6.07, 6.45) is 0. The normalized spacial score (nSPS) is 9.89. The molecule has 0 radical (unpaired) electrons. The summed E-state index contributed by atoms with van der Waals surface area (Å²) in [5.41, 5.74) is 7.58. The molecule has 7 heteroatoms. The molecule has 0 bridgehead atoms. The zero-order valence-corrected chi connectivity index (χ0v) is 5.29. The molecule has 9 heavy (non-hydrogen) atoms. The van der Waals surface area contributed by atoms with Crippen LogP contribution in [0.1, 0.15) is 6.92 Å². The van der Waals surface area contributed by atoms with Crippen molar-refractivity contribution in [3.8, 4) is 0 Å². The first-order chi connectivity index (χ1) is 4.00. The molecule has 0 amide bonds. The molecule has 6 nitrogen and oxygen atoms in total. The second-order valence-corrected chi connectivity index (χ2v) is 2.83. The SMILES string of the molecule is CC(=O)S(=O)(=O)N=[N+]=[N-]. The Labute approximate surface area is 51.2 Å². The molecule has 0 fully saturated rings. The highest BCUT2D eigenvalue weighted by Crippen LogP contribution is 1.91. The van der Waals surface area contributed by atoms with Crippen molar-refractivity contribution in [1.82, 2.24) is 0 Å². The van der Waals surface area contributed by atoms with E-state index in [1.807, 2.05) is 4.91 Å². The fraction of sp³-hybridized carbons (Fsp3) is 0.500. The van der Waals surface area contributed by atoms with Gasteiger partial charge in [0.05, 0.1) is 0 Å². The van der Waals surface area contributed by atoms with Crippen LogP contribution < -0.4 is 0 Å². The van der Waals surface area contributed by atoms with Crippen molar-refractivity contribution in [3.05, 3.63) is 10.4 Å². The fourth-order valence-corrected chi connectivity index (χ4v) is 0.317. The van der Waals surface area contributed by atoms with Crippen molar-refractivity contribution in [2.75, 3.05) is 0 Å². The fourth-order valence-electron chi connectivity index (χ4n) is 0.106. The molecule has 0 aromatic carbocycles. The van der Waals surface area contributed by atoms with Gasteiger partial charge in [-0.3, -0.25) is 4.79 Å². The highest BCUT2D eigenvalue weighted by Gasteiger charge is 2.12. The molecule has 0 aliphatic rings. The Bertz CT molecular complexity index is 251. The van der Waals surface area contributed by atoms with E-state index in [0.717, 1.165) is 6.92 Å². The molecule has 0 aliphatic carbocycles. The Morgan fingerprint density at radius 2 is 2.11 bits per heavy atom. The predicted molar refractivity (Wildman–Crippen MR) is 28.7 cm³/mol. The van der Waals surface area contributed by atoms with E-state index in [1.165, 1.54) is 0 Å². The summed E-state index contributed by atoms with van der Waals surface area (Å²) in [7, 11) is -4.18. The standard InChI is InChI=1S/C2H3N3O3S/c1-2(6)9(7,8)5-4-3/h1H3. The molecule has 0 saturated carbocycles. The summed E-state index contributed by atoms with van der Waals surface area (Å²) in [5.74, 6) is 0. The number of nitrogens with zero attached hydrogens (tertiary/aromatic N) is 3. The van der Waals surface area contributed by atoms with Gasteiger partial charge in [-0.05, 0) is 5.53 Å². The second-order valence-electron chi connectivity index (χ2n) is 1.14. The average molecular weight is 149 g/mol. The highest BCUT2D eigenvalue weighted by molar-refractivity contribution is 8.04. The molecule has 0 heterocycles. The first kappa shape index (κ1) is 7.93. The highest BCUT2D eigenvalue weighted by atomic mass is 32.2. The van der Waals surface area contributed by atoms with Crippen molar-refractivity contribution in [3.63, 3.8) is 0 Å². The van der Waals surface area contributed by atoms with Crippen molar-refractivity contribution in [2.45, 2.75) is 6.92 Å². The van der Waals surface area contributed by atoms with Gasteiger partial charge in [-0.25, -0.2) is 8.42 Å². The van der Waals surface area contributed by atoms with E-state index in [-0.39, 0.29) is 0 Å². The Balaban J connectivity index is 4.85. The first-order valence-electron chi connectivity index (χ1n) is 1.82. The van der Waals surface area contributed by atoms with Gasteiger partial charge < -0.3 is 0 Å². The third kappa shape index (κ3) is 2.11. The van der Waals surface area contributed by atoms with E-state index >= 15 is 0 Å². The van der Waals surface area contributed by atoms with E-state index in [0.29, 0.717) is 0 Å². The van der Waals surface area contributed by atoms with Gasteiger partial charge in [0.25, 0.3) is 15.1 Å². The minimum Gasteiger partial charge on any atom is -0.282 e. The maximum atomic E-state index is 10.2. The number of sulfonamides is 1. The smallest absolute Gasteiger partial charge is 0.282 e. The Morgan fingerprint density at radius 3 is 2.22 bits per heavy atom. The lowest BCUT2D eigenvalue weighted by Gasteiger charge is -1.81. The Hall–Kier alpha value is -1.07. The molecule has 0 spiro atoms. The van der Waals surface area contributed by atoms with Crippen LogP contribution in [0.25, 0.3) is 10.4 Å². The van der Waals surface area contributed by atoms with Gasteiger partial charge in [0, 0.05) is 16.4 Å². The molecule has 0 N–H and O–H groups in total. The Morgan fingerprint density at radius 1 is 1.67 bits per heavy atom. The van der Waals surface area contributed by atoms with Crippen LogP contribution in [-0.4, -0.2) is 13.5 Å². The molecule has 50 valence electrons. The first-order valence-corrected chi connectivity index (χ1v) is 3.26. The van der Waals surface area contributed by atoms with Crippen molar-refractivity contribution >= 4 is 15.1 Å². The molecule has 0 atom stereocenters. The van der Waals surface area contributed by atoms with Crippen LogP contribution in [0.2, 0.25) is 0 Å². The zero-order chi connectivity index (χ0) is 7.49. The van der Waals surface area contributed by atoms with Crippen LogP contribution in [0.4, 0.5) is 0 Å². The number of rotatable bonds is 1. The van der Waals surface area contributed by atoms with E-state index in [1.54, 1.807) is 0 Å². The van der Waals surface area contributed by atoms with Gasteiger partial charge in [-0.1, -0.05) is 0 Å². The largest absolute Gasteiger partial charge is 0.297 e. The molecular weight excluding hydrogens is 146 g/mol. The number of hydrogen-bond donors (Lipinski definition) is 0. The van der Waals surface area contributed by atoms with Crippen LogP contribution in [0.3, 0.4) is 0 Å². The average Bonchev–Trinajstić information content (AvgIpc) is 1.65. The topological polar surface area (TPSA) is 100.0 Å². The summed E-state index contributed by atoms with van der Waals surface area (Å²) in [6, 6.07) is 0. The summed E-state index contributed by atoms with van der Waals surface area (Å²) >= 11 is 0. The molecule has 0 aliphatic heterocycles. The lowest BCUT2D eigenvalue weighted by molar-refractivity contribution is -0.109. The third-order valence-corrected chi connectivity index (χ3v) is 1.52. The molecule has 0 unspecified atom stereocenters. The Kier molecular flexibility index (Phi) is 2.18. The minimum atomic E-state index is -4.18. The van der Waals surface area contributed by atoms with Gasteiger partial charge in [-0.15, -0.1) is 0 Å². The van der Waals surface area contributed by atoms with Crippen LogP contribution in [0.5, 0.6) is 0 Å². The summed E-state index contributed by atoms with van der Waals surface area (Å²) in [5, 5.41) is -1.15. The molecule has 0 rings (SSSR count). The third-order valence-electron chi connectivity index (χ3n) is 0.507. The van der Waals surface area contributed by atoms with Crippen LogP contribution in [0.15, 0.2) is 4.52 Å². The lowest BCUT2D eigenvalue weighted by atomic mass is 10.9. The second kappa shape index (κ2) is 2.47. The van der Waals surface area contributed by atoms with E-state index < -0.39 is 15.1 Å². The number of carbonyl (C=O) groups is 1. The number of carbonyl (C=O) groups excluding carboxylic acids is 1. The quantitative estimate of drug-likeness (QED) is 0.301. The molecule has 0 aromatic rings. The van der Waals surface area contributed by atoms with E-state index in [4.69, 9.17) is 5.53 Å². The monoisotopic (exact) mass is 149 g/mol. The van der Waals surface area contributed by atoms with Crippen LogP contribution in [0, 0.1) is 0 Å². The maximum absolute atomic E-state index is 10.2. The van der Waals surface area contributed by atoms with Crippen molar-refractivity contribution in [2.24, 2.45) is 4.52 Å². The maximum Gasteiger partial charge on any atom is 0.297 e. The van der Waals surface area contributed by atoms with E-state index in [2.05, 4.69) is 4.52 Å². The number of azide groups is 1. The van der Waals surface area contributed by atoms with Gasteiger partial charge in [0.15, 0.2) is 0 Å². The van der Waals surface area contributed by atoms with Crippen LogP contribution in [-0.2, 0) is 14.8 Å². The van der Waals surface area contributed by atoms with Gasteiger partial charge in [-0.2, -0.15) is 0 Å². The zero-order valence-electron chi connectivity index (χ0n) is 4.47. The van der Waals surface area contributed by atoms with Gasteiger partial charge in [0.2, 0.25) is 0 Å². The molecule has 0 aromatic heterocycles. The minimum absolute atomic E-state index is 0.810.